The van der Waals surface area contributed by atoms with Crippen LogP contribution < -0.4 is 16.0 Å². The molecule has 1 saturated heterocycles. The van der Waals surface area contributed by atoms with Crippen molar-refractivity contribution in [1.82, 2.24) is 14.6 Å². The van der Waals surface area contributed by atoms with E-state index in [1.807, 2.05) is 0 Å². The van der Waals surface area contributed by atoms with E-state index in [1.165, 1.54) is 35.8 Å². The van der Waals surface area contributed by atoms with Crippen LogP contribution in [0, 0.1) is 35.5 Å². The highest BCUT2D eigenvalue weighted by Gasteiger charge is 2.53. The van der Waals surface area contributed by atoms with Gasteiger partial charge in [-0.1, -0.05) is 25.0 Å². The van der Waals surface area contributed by atoms with Crippen molar-refractivity contribution in [2.75, 3.05) is 44.2 Å². The first-order valence-electron chi connectivity index (χ1n) is 14.0. The van der Waals surface area contributed by atoms with E-state index in [9.17, 15) is 9.59 Å². The fourth-order valence-corrected chi connectivity index (χ4v) is 8.59. The third-order valence-electron chi connectivity index (χ3n) is 9.68. The summed E-state index contributed by atoms with van der Waals surface area (Å²) < 4.78 is 6.01. The number of benzene rings is 1. The number of fused-ring (bicyclic) bond motifs is 3. The van der Waals surface area contributed by atoms with Gasteiger partial charge in [0.05, 0.1) is 16.5 Å². The molecular weight excluding hydrogens is 470 g/mol. The molecule has 7 nitrogen and oxygen atoms in total. The third-order valence-corrected chi connectivity index (χ3v) is 10.5. The average Bonchev–Trinajstić information content (AvgIpc) is 3.63. The summed E-state index contributed by atoms with van der Waals surface area (Å²) in [7, 11) is 0. The van der Waals surface area contributed by atoms with Crippen LogP contribution in [-0.2, 0) is 9.59 Å². The maximum atomic E-state index is 13.2. The normalized spacial score (nSPS) is 32.7. The van der Waals surface area contributed by atoms with Crippen molar-refractivity contribution in [1.29, 1.82) is 0 Å². The second-order valence-electron chi connectivity index (χ2n) is 11.6. The molecule has 3 N–H and O–H groups in total. The van der Waals surface area contributed by atoms with Crippen LogP contribution in [0.15, 0.2) is 24.3 Å². The van der Waals surface area contributed by atoms with Gasteiger partial charge in [-0.25, -0.2) is 0 Å². The summed E-state index contributed by atoms with van der Waals surface area (Å²) in [4.78, 5) is 30.3. The van der Waals surface area contributed by atoms with Gasteiger partial charge < -0.3 is 16.0 Å². The van der Waals surface area contributed by atoms with Crippen molar-refractivity contribution in [3.63, 3.8) is 0 Å². The molecule has 4 fully saturated rings. The lowest BCUT2D eigenvalue weighted by Gasteiger charge is -2.40. The van der Waals surface area contributed by atoms with Crippen molar-refractivity contribution in [3.05, 3.63) is 24.3 Å². The first kappa shape index (κ1) is 24.2. The Kier molecular flexibility index (Phi) is 6.90. The van der Waals surface area contributed by atoms with Crippen molar-refractivity contribution >= 4 is 39.3 Å². The van der Waals surface area contributed by atoms with Gasteiger partial charge in [0, 0.05) is 44.7 Å². The lowest BCUT2D eigenvalue weighted by atomic mass is 9.77. The minimum Gasteiger partial charge on any atom is -0.369 e. The van der Waals surface area contributed by atoms with E-state index in [0.29, 0.717) is 23.7 Å². The fourth-order valence-electron chi connectivity index (χ4n) is 7.80. The molecule has 1 aliphatic heterocycles. The number of carbonyl (C=O) groups excluding carboxylic acids is 2. The Morgan fingerprint density at radius 3 is 2.47 bits per heavy atom. The molecule has 8 heteroatoms. The predicted octanol–water partition coefficient (Wildman–Crippen LogP) is 3.49. The van der Waals surface area contributed by atoms with Gasteiger partial charge in [-0.05, 0) is 79.4 Å². The zero-order chi connectivity index (χ0) is 24.6. The van der Waals surface area contributed by atoms with E-state index < -0.39 is 0 Å². The molecule has 4 aliphatic rings. The summed E-state index contributed by atoms with van der Waals surface area (Å²) in [5.41, 5.74) is 5.71. The first-order valence-corrected chi connectivity index (χ1v) is 14.7. The van der Waals surface area contributed by atoms with Crippen LogP contribution in [0.4, 0.5) is 5.82 Å². The summed E-state index contributed by atoms with van der Waals surface area (Å²) in [5, 5.41) is 4.56. The second kappa shape index (κ2) is 10.3. The summed E-state index contributed by atoms with van der Waals surface area (Å²) in [6, 6.07) is 8.52. The molecule has 6 atom stereocenters. The SMILES string of the molecule is NC(=O)[C@@H]1[C@H]2CC[C@H](C2)[C@@H]1C(=O)NC[C@@H]1CCCC[C@H]1CN1CCN(c2nsc3ccccc23)CC1. The van der Waals surface area contributed by atoms with E-state index >= 15 is 0 Å². The predicted molar refractivity (Wildman–Crippen MR) is 144 cm³/mol. The number of amides is 2. The number of rotatable bonds is 7. The van der Waals surface area contributed by atoms with Crippen LogP contribution in [0.1, 0.15) is 44.9 Å². The summed E-state index contributed by atoms with van der Waals surface area (Å²) >= 11 is 1.59. The van der Waals surface area contributed by atoms with Crippen molar-refractivity contribution in [2.45, 2.75) is 44.9 Å². The van der Waals surface area contributed by atoms with E-state index in [-0.39, 0.29) is 23.7 Å². The number of hydrogen-bond donors (Lipinski definition) is 2. The molecule has 2 aromatic rings. The van der Waals surface area contributed by atoms with Gasteiger partial charge in [0.15, 0.2) is 0 Å². The molecule has 0 spiro atoms. The third kappa shape index (κ3) is 4.62. The van der Waals surface area contributed by atoms with E-state index in [0.717, 1.165) is 64.3 Å². The van der Waals surface area contributed by atoms with E-state index in [2.05, 4.69) is 39.4 Å². The molecule has 36 heavy (non-hydrogen) atoms. The molecule has 3 aliphatic carbocycles. The van der Waals surface area contributed by atoms with Gasteiger partial charge in [-0.15, -0.1) is 0 Å². The van der Waals surface area contributed by atoms with E-state index in [1.54, 1.807) is 11.5 Å². The summed E-state index contributed by atoms with van der Waals surface area (Å²) in [5.74, 6) is 2.32. The van der Waals surface area contributed by atoms with Gasteiger partial charge in [0.1, 0.15) is 5.82 Å². The number of nitrogens with two attached hydrogens (primary N) is 1. The van der Waals surface area contributed by atoms with Gasteiger partial charge in [-0.3, -0.25) is 14.5 Å². The minimum atomic E-state index is -0.275. The number of nitrogens with zero attached hydrogens (tertiary/aromatic N) is 3. The lowest BCUT2D eigenvalue weighted by Crippen LogP contribution is -2.50. The number of nitrogens with one attached hydrogen (secondary N) is 1. The summed E-state index contributed by atoms with van der Waals surface area (Å²) in [6.07, 6.45) is 8.09. The zero-order valence-electron chi connectivity index (χ0n) is 21.1. The molecule has 1 aromatic heterocycles. The molecular formula is C28H39N5O2S. The number of piperazine rings is 1. The molecule has 1 aromatic carbocycles. The first-order chi connectivity index (χ1) is 17.6. The Morgan fingerprint density at radius 1 is 0.972 bits per heavy atom. The molecule has 3 saturated carbocycles. The molecule has 0 unspecified atom stereocenters. The maximum Gasteiger partial charge on any atom is 0.224 e. The maximum absolute atomic E-state index is 13.2. The Hall–Kier alpha value is -2.19. The highest BCUT2D eigenvalue weighted by atomic mass is 32.1. The summed E-state index contributed by atoms with van der Waals surface area (Å²) in [6.45, 7) is 6.01. The Morgan fingerprint density at radius 2 is 1.69 bits per heavy atom. The van der Waals surface area contributed by atoms with Gasteiger partial charge in [-0.2, -0.15) is 4.37 Å². The number of primary amides is 1. The van der Waals surface area contributed by atoms with Crippen LogP contribution in [-0.4, -0.2) is 60.4 Å². The van der Waals surface area contributed by atoms with Crippen LogP contribution >= 0.6 is 11.5 Å². The Balaban J connectivity index is 1.02. The smallest absolute Gasteiger partial charge is 0.224 e. The Labute approximate surface area is 217 Å². The van der Waals surface area contributed by atoms with Gasteiger partial charge >= 0.3 is 0 Å². The molecule has 194 valence electrons. The molecule has 2 bridgehead atoms. The standard InChI is InChI=1S/C28H39N5O2S/c29-26(34)24-18-9-10-19(15-18)25(24)28(35)30-16-20-5-1-2-6-21(20)17-32-11-13-33(14-12-32)27-22-7-3-4-8-23(22)36-31-27/h3-4,7-8,18-21,24-25H,1-2,5-6,9-17H2,(H2,29,34)(H,30,35)/t18-,19+,20-,21-,24+,25-/m0/s1. The quantitative estimate of drug-likeness (QED) is 0.596. The fraction of sp³-hybridized carbons (Fsp3) is 0.679. The number of hydrogen-bond acceptors (Lipinski definition) is 6. The topological polar surface area (TPSA) is 91.6 Å². The number of anilines is 1. The zero-order valence-corrected chi connectivity index (χ0v) is 21.9. The van der Waals surface area contributed by atoms with Crippen LogP contribution in [0.3, 0.4) is 0 Å². The monoisotopic (exact) mass is 509 g/mol. The van der Waals surface area contributed by atoms with Crippen LogP contribution in [0.2, 0.25) is 0 Å². The number of aromatic nitrogens is 1. The van der Waals surface area contributed by atoms with Crippen molar-refractivity contribution in [2.24, 2.45) is 41.2 Å². The molecule has 0 radical (unpaired) electrons. The highest BCUT2D eigenvalue weighted by Crippen LogP contribution is 2.52. The van der Waals surface area contributed by atoms with Crippen LogP contribution in [0.25, 0.3) is 10.1 Å². The second-order valence-corrected chi connectivity index (χ2v) is 12.4. The molecule has 2 amide bonds. The van der Waals surface area contributed by atoms with Crippen molar-refractivity contribution < 1.29 is 9.59 Å². The lowest BCUT2D eigenvalue weighted by molar-refractivity contribution is -0.135. The van der Waals surface area contributed by atoms with E-state index in [4.69, 9.17) is 10.1 Å². The van der Waals surface area contributed by atoms with Gasteiger partial charge in [0.2, 0.25) is 11.8 Å². The van der Waals surface area contributed by atoms with Crippen molar-refractivity contribution in [3.8, 4) is 0 Å². The van der Waals surface area contributed by atoms with Crippen LogP contribution in [0.5, 0.6) is 0 Å². The Bertz CT molecular complexity index is 1100. The molecule has 2 heterocycles. The minimum absolute atomic E-state index is 0.0828. The average molecular weight is 510 g/mol. The number of carbonyl (C=O) groups is 2. The highest BCUT2D eigenvalue weighted by molar-refractivity contribution is 7.13. The molecule has 6 rings (SSSR count). The largest absolute Gasteiger partial charge is 0.369 e. The van der Waals surface area contributed by atoms with Gasteiger partial charge in [0.25, 0.3) is 0 Å².